The fourth-order valence-corrected chi connectivity index (χ4v) is 1.03. The summed E-state index contributed by atoms with van der Waals surface area (Å²) in [6, 6.07) is 1.89. The number of rotatable bonds is 2. The molecule has 2 heteroatoms. The molecule has 62 valence electrons. The van der Waals surface area contributed by atoms with Crippen LogP contribution in [0.4, 0.5) is 5.82 Å². The lowest BCUT2D eigenvalue weighted by atomic mass is 10.1. The molecule has 0 saturated heterocycles. The molecule has 0 saturated carbocycles. The van der Waals surface area contributed by atoms with Crippen molar-refractivity contribution in [3.8, 4) is 0 Å². The van der Waals surface area contributed by atoms with Crippen molar-refractivity contribution in [2.75, 3.05) is 5.73 Å². The van der Waals surface area contributed by atoms with E-state index in [0.29, 0.717) is 5.82 Å². The molecule has 2 N–H and O–H groups in total. The summed E-state index contributed by atoms with van der Waals surface area (Å²) in [5.41, 5.74) is 7.63. The van der Waals surface area contributed by atoms with Gasteiger partial charge in [-0.05, 0) is 18.6 Å². The summed E-state index contributed by atoms with van der Waals surface area (Å²) in [6.07, 6.45) is 7.31. The van der Waals surface area contributed by atoms with Gasteiger partial charge in [0.2, 0.25) is 0 Å². The van der Waals surface area contributed by atoms with E-state index in [0.717, 1.165) is 11.1 Å². The molecular weight excluding hydrogens is 148 g/mol. The van der Waals surface area contributed by atoms with Crippen molar-refractivity contribution in [2.24, 2.45) is 0 Å². The molecule has 0 aliphatic carbocycles. The lowest BCUT2D eigenvalue weighted by Gasteiger charge is -2.02. The van der Waals surface area contributed by atoms with Crippen LogP contribution in [0.2, 0.25) is 0 Å². The van der Waals surface area contributed by atoms with Gasteiger partial charge in [0.1, 0.15) is 5.82 Å². The van der Waals surface area contributed by atoms with E-state index < -0.39 is 0 Å². The Hall–Kier alpha value is -1.57. The van der Waals surface area contributed by atoms with Gasteiger partial charge in [-0.1, -0.05) is 24.8 Å². The van der Waals surface area contributed by atoms with Gasteiger partial charge in [0.25, 0.3) is 0 Å². The monoisotopic (exact) mass is 160 g/mol. The van der Waals surface area contributed by atoms with Gasteiger partial charge in [-0.25, -0.2) is 4.98 Å². The van der Waals surface area contributed by atoms with Crippen LogP contribution in [-0.2, 0) is 0 Å². The average molecular weight is 160 g/mol. The zero-order valence-electron chi connectivity index (χ0n) is 7.12. The summed E-state index contributed by atoms with van der Waals surface area (Å²) >= 11 is 0. The Morgan fingerprint density at radius 3 is 2.92 bits per heavy atom. The molecule has 0 fully saturated rings. The first kappa shape index (κ1) is 8.53. The third-order valence-corrected chi connectivity index (χ3v) is 1.61. The molecule has 1 rings (SSSR count). The predicted octanol–water partition coefficient (Wildman–Crippen LogP) is 2.34. The summed E-state index contributed by atoms with van der Waals surface area (Å²) < 4.78 is 0. The number of allylic oxidation sites excluding steroid dienone is 1. The number of nitrogens with two attached hydrogens (primary N) is 1. The maximum atomic E-state index is 5.67. The van der Waals surface area contributed by atoms with E-state index in [4.69, 9.17) is 5.73 Å². The molecule has 0 unspecified atom stereocenters. The molecule has 1 heterocycles. The maximum absolute atomic E-state index is 5.67. The summed E-state index contributed by atoms with van der Waals surface area (Å²) in [5.74, 6) is 0.547. The Morgan fingerprint density at radius 1 is 1.58 bits per heavy atom. The minimum absolute atomic E-state index is 0.547. The molecule has 1 aromatic rings. The fraction of sp³-hybridized carbons (Fsp3) is 0.100. The van der Waals surface area contributed by atoms with E-state index >= 15 is 0 Å². The molecule has 0 aliphatic rings. The van der Waals surface area contributed by atoms with Gasteiger partial charge in [0.05, 0.1) is 0 Å². The highest BCUT2D eigenvalue weighted by atomic mass is 14.8. The van der Waals surface area contributed by atoms with E-state index in [1.807, 2.05) is 25.1 Å². The number of hydrogen-bond acceptors (Lipinski definition) is 2. The Bertz CT molecular complexity index is 314. The first-order valence-electron chi connectivity index (χ1n) is 3.79. The molecule has 0 bridgehead atoms. The minimum atomic E-state index is 0.547. The zero-order chi connectivity index (χ0) is 8.97. The van der Waals surface area contributed by atoms with E-state index in [9.17, 15) is 0 Å². The number of hydrogen-bond donors (Lipinski definition) is 1. The lowest BCUT2D eigenvalue weighted by molar-refractivity contribution is 1.32. The van der Waals surface area contributed by atoms with Crippen molar-refractivity contribution in [3.63, 3.8) is 0 Å². The van der Waals surface area contributed by atoms with E-state index in [1.54, 1.807) is 12.3 Å². The third-order valence-electron chi connectivity index (χ3n) is 1.61. The Labute approximate surface area is 72.4 Å². The second-order valence-corrected chi connectivity index (χ2v) is 2.40. The van der Waals surface area contributed by atoms with E-state index in [-0.39, 0.29) is 0 Å². The molecule has 2 nitrogen and oxygen atoms in total. The van der Waals surface area contributed by atoms with Crippen molar-refractivity contribution < 1.29 is 0 Å². The van der Waals surface area contributed by atoms with Crippen LogP contribution in [0, 0.1) is 0 Å². The Kier molecular flexibility index (Phi) is 2.64. The lowest BCUT2D eigenvalue weighted by Crippen LogP contribution is -1.95. The minimum Gasteiger partial charge on any atom is -0.383 e. The summed E-state index contributed by atoms with van der Waals surface area (Å²) in [7, 11) is 0. The first-order chi connectivity index (χ1) is 5.79. The van der Waals surface area contributed by atoms with Crippen molar-refractivity contribution in [3.05, 3.63) is 36.0 Å². The highest BCUT2D eigenvalue weighted by molar-refractivity contribution is 5.71. The van der Waals surface area contributed by atoms with Crippen molar-refractivity contribution in [1.82, 2.24) is 4.98 Å². The van der Waals surface area contributed by atoms with Gasteiger partial charge < -0.3 is 5.73 Å². The average Bonchev–Trinajstić information content (AvgIpc) is 2.09. The number of pyridine rings is 1. The summed E-state index contributed by atoms with van der Waals surface area (Å²) in [6.45, 7) is 5.64. The smallest absolute Gasteiger partial charge is 0.131 e. The molecule has 1 aromatic heterocycles. The highest BCUT2D eigenvalue weighted by Crippen LogP contribution is 2.16. The number of anilines is 1. The van der Waals surface area contributed by atoms with Crippen LogP contribution < -0.4 is 5.73 Å². The second kappa shape index (κ2) is 3.72. The molecule has 0 aromatic carbocycles. The van der Waals surface area contributed by atoms with Gasteiger partial charge >= 0.3 is 0 Å². The highest BCUT2D eigenvalue weighted by Gasteiger charge is 1.99. The van der Waals surface area contributed by atoms with Crippen LogP contribution in [0.1, 0.15) is 18.1 Å². The molecule has 0 radical (unpaired) electrons. The van der Waals surface area contributed by atoms with Crippen LogP contribution in [0.3, 0.4) is 0 Å². The van der Waals surface area contributed by atoms with Crippen LogP contribution in [0.5, 0.6) is 0 Å². The quantitative estimate of drug-likeness (QED) is 0.721. The van der Waals surface area contributed by atoms with Gasteiger partial charge in [-0.2, -0.15) is 0 Å². The van der Waals surface area contributed by atoms with Crippen LogP contribution in [0.15, 0.2) is 24.9 Å². The maximum Gasteiger partial charge on any atom is 0.131 e. The Balaban J connectivity index is 3.28. The van der Waals surface area contributed by atoms with E-state index in [1.165, 1.54) is 0 Å². The number of nitrogen functional groups attached to an aromatic ring is 1. The summed E-state index contributed by atoms with van der Waals surface area (Å²) in [4.78, 5) is 3.99. The normalized spacial score (nSPS) is 10.4. The van der Waals surface area contributed by atoms with Crippen molar-refractivity contribution >= 4 is 18.0 Å². The van der Waals surface area contributed by atoms with Crippen LogP contribution >= 0.6 is 0 Å². The standard InChI is InChI=1S/C10H12N2/c1-3-5-9-8(4-2)6-7-12-10(9)11/h3-7H,2H2,1H3,(H2,11,12)/b5-3-. The van der Waals surface area contributed by atoms with Gasteiger partial charge in [0, 0.05) is 11.8 Å². The Morgan fingerprint density at radius 2 is 2.33 bits per heavy atom. The number of aromatic nitrogens is 1. The van der Waals surface area contributed by atoms with Crippen molar-refractivity contribution in [1.29, 1.82) is 0 Å². The molecule has 12 heavy (non-hydrogen) atoms. The van der Waals surface area contributed by atoms with E-state index in [2.05, 4.69) is 11.6 Å². The fourth-order valence-electron chi connectivity index (χ4n) is 1.03. The first-order valence-corrected chi connectivity index (χ1v) is 3.79. The zero-order valence-corrected chi connectivity index (χ0v) is 7.12. The van der Waals surface area contributed by atoms with Gasteiger partial charge in [-0.15, -0.1) is 0 Å². The van der Waals surface area contributed by atoms with Crippen molar-refractivity contribution in [2.45, 2.75) is 6.92 Å². The third kappa shape index (κ3) is 1.53. The number of nitrogens with zero attached hydrogens (tertiary/aromatic N) is 1. The van der Waals surface area contributed by atoms with Gasteiger partial charge in [-0.3, -0.25) is 0 Å². The summed E-state index contributed by atoms with van der Waals surface area (Å²) in [5, 5.41) is 0. The van der Waals surface area contributed by atoms with Gasteiger partial charge in [0.15, 0.2) is 0 Å². The molecule has 0 amide bonds. The SMILES string of the molecule is C=Cc1ccnc(N)c1/C=C\C. The molecular formula is C10H12N2. The predicted molar refractivity (Wildman–Crippen MR) is 53.4 cm³/mol. The van der Waals surface area contributed by atoms with Crippen LogP contribution in [0.25, 0.3) is 12.2 Å². The molecule has 0 atom stereocenters. The molecule has 0 spiro atoms. The van der Waals surface area contributed by atoms with Crippen LogP contribution in [-0.4, -0.2) is 4.98 Å². The largest absolute Gasteiger partial charge is 0.383 e. The molecule has 0 aliphatic heterocycles. The topological polar surface area (TPSA) is 38.9 Å². The second-order valence-electron chi connectivity index (χ2n) is 2.40.